The average molecular weight is 214 g/mol. The van der Waals surface area contributed by atoms with Gasteiger partial charge in [-0.25, -0.2) is 22.0 Å². The molecule has 0 saturated carbocycles. The number of allylic oxidation sites excluding steroid dienone is 2. The van der Waals surface area contributed by atoms with Crippen molar-refractivity contribution in [1.82, 2.24) is 0 Å². The maximum atomic E-state index is 13.6. The summed E-state index contributed by atoms with van der Waals surface area (Å²) in [4.78, 5) is 0. The average Bonchev–Trinajstić information content (AvgIpc) is 1.99. The molecule has 1 rings (SSSR count). The van der Waals surface area contributed by atoms with Gasteiger partial charge in [-0.15, -0.1) is 0 Å². The molecule has 0 nitrogen and oxygen atoms in total. The highest BCUT2D eigenvalue weighted by atomic mass is 19.2. The Morgan fingerprint density at radius 1 is 1.14 bits per heavy atom. The molecule has 0 radical (unpaired) electrons. The number of halogens is 5. The summed E-state index contributed by atoms with van der Waals surface area (Å²) in [5, 5.41) is 0. The van der Waals surface area contributed by atoms with Gasteiger partial charge in [0.05, 0.1) is 0 Å². The third-order valence-electron chi connectivity index (χ3n) is 2.96. The van der Waals surface area contributed by atoms with Crippen molar-refractivity contribution in [3.05, 3.63) is 11.9 Å². The van der Waals surface area contributed by atoms with Crippen molar-refractivity contribution in [3.8, 4) is 0 Å². The van der Waals surface area contributed by atoms with E-state index in [1.807, 2.05) is 0 Å². The predicted octanol–water partition coefficient (Wildman–Crippen LogP) is 3.38. The first-order valence-electron chi connectivity index (χ1n) is 4.13. The van der Waals surface area contributed by atoms with E-state index >= 15 is 0 Å². The smallest absolute Gasteiger partial charge is 0.188 e. The Hall–Kier alpha value is -0.610. The van der Waals surface area contributed by atoms with Crippen molar-refractivity contribution in [2.24, 2.45) is 0 Å². The molecule has 0 N–H and O–H groups in total. The fraction of sp³-hybridized carbons (Fsp3) is 0.778. The second-order valence-electron chi connectivity index (χ2n) is 4.05. The third kappa shape index (κ3) is 1.17. The maximum Gasteiger partial charge on any atom is 0.188 e. The van der Waals surface area contributed by atoms with Gasteiger partial charge in [0.1, 0.15) is 5.83 Å². The van der Waals surface area contributed by atoms with E-state index in [4.69, 9.17) is 0 Å². The first kappa shape index (κ1) is 11.5. The number of rotatable bonds is 0. The minimum atomic E-state index is -3.21. The quantitative estimate of drug-likeness (QED) is 0.542. The van der Waals surface area contributed by atoms with E-state index in [2.05, 4.69) is 0 Å². The number of hydrogen-bond donors (Lipinski definition) is 0. The largest absolute Gasteiger partial charge is 0.237 e. The summed E-state index contributed by atoms with van der Waals surface area (Å²) in [7, 11) is 0. The van der Waals surface area contributed by atoms with Gasteiger partial charge in [-0.2, -0.15) is 0 Å². The van der Waals surface area contributed by atoms with Crippen LogP contribution in [0.1, 0.15) is 20.8 Å². The lowest BCUT2D eigenvalue weighted by molar-refractivity contribution is -0.136. The molecule has 82 valence electrons. The molecule has 1 aliphatic carbocycles. The van der Waals surface area contributed by atoms with Crippen LogP contribution in [0.3, 0.4) is 0 Å². The van der Waals surface area contributed by atoms with Crippen LogP contribution in [0.5, 0.6) is 0 Å². The van der Waals surface area contributed by atoms with E-state index in [1.54, 1.807) is 0 Å². The fourth-order valence-corrected chi connectivity index (χ4v) is 1.44. The Kier molecular flexibility index (Phi) is 2.21. The molecule has 0 amide bonds. The first-order chi connectivity index (χ1) is 6.04. The van der Waals surface area contributed by atoms with Gasteiger partial charge in [0, 0.05) is 0 Å². The predicted molar refractivity (Wildman–Crippen MR) is 42.6 cm³/mol. The highest BCUT2D eigenvalue weighted by Gasteiger charge is 2.66. The minimum Gasteiger partial charge on any atom is -0.237 e. The zero-order chi connectivity index (χ0) is 11.4. The van der Waals surface area contributed by atoms with E-state index in [9.17, 15) is 22.0 Å². The molecule has 14 heavy (non-hydrogen) atoms. The summed E-state index contributed by atoms with van der Waals surface area (Å²) >= 11 is 0. The van der Waals surface area contributed by atoms with Gasteiger partial charge in [-0.1, -0.05) is 0 Å². The zero-order valence-corrected chi connectivity index (χ0v) is 8.04. The van der Waals surface area contributed by atoms with Crippen LogP contribution in [-0.2, 0) is 0 Å². The molecule has 1 aliphatic rings. The molecule has 0 bridgehead atoms. The van der Waals surface area contributed by atoms with E-state index in [0.29, 0.717) is 20.8 Å². The van der Waals surface area contributed by atoms with Gasteiger partial charge < -0.3 is 0 Å². The first-order valence-corrected chi connectivity index (χ1v) is 4.13. The van der Waals surface area contributed by atoms with E-state index in [1.165, 1.54) is 0 Å². The molecule has 0 fully saturated rings. The van der Waals surface area contributed by atoms with Gasteiger partial charge in [0.2, 0.25) is 0 Å². The Labute approximate surface area is 78.8 Å². The molecule has 4 atom stereocenters. The molecule has 0 saturated heterocycles. The van der Waals surface area contributed by atoms with Gasteiger partial charge in [0.15, 0.2) is 23.2 Å². The van der Waals surface area contributed by atoms with Gasteiger partial charge in [0.25, 0.3) is 0 Å². The van der Waals surface area contributed by atoms with Crippen molar-refractivity contribution < 1.29 is 22.0 Å². The lowest BCUT2D eigenvalue weighted by Crippen LogP contribution is -2.62. The van der Waals surface area contributed by atoms with E-state index in [-0.39, 0.29) is 6.08 Å². The van der Waals surface area contributed by atoms with Crippen molar-refractivity contribution >= 4 is 0 Å². The lowest BCUT2D eigenvalue weighted by atomic mass is 9.70. The summed E-state index contributed by atoms with van der Waals surface area (Å²) in [6.45, 7) is 1.78. The fourth-order valence-electron chi connectivity index (χ4n) is 1.44. The molecular formula is C9H11F5. The van der Waals surface area contributed by atoms with Crippen molar-refractivity contribution in [2.45, 2.75) is 43.9 Å². The van der Waals surface area contributed by atoms with E-state index < -0.39 is 29.0 Å². The Bertz CT molecular complexity index is 277. The SMILES string of the molecule is CC1(F)C=C(F)C(F)C(C)(F)C1(C)F. The molecule has 0 heterocycles. The second kappa shape index (κ2) is 2.70. The maximum absolute atomic E-state index is 13.6. The Morgan fingerprint density at radius 2 is 1.57 bits per heavy atom. The summed E-state index contributed by atoms with van der Waals surface area (Å²) in [5.41, 5.74) is -9.17. The standard InChI is InChI=1S/C9H11F5/c1-7(12)4-5(10)6(11)8(2,13)9(7,3)14/h4,6H,1-3H3. The summed E-state index contributed by atoms with van der Waals surface area (Å²) in [6.07, 6.45) is -2.61. The summed E-state index contributed by atoms with van der Waals surface area (Å²) in [6, 6.07) is 0. The number of hydrogen-bond acceptors (Lipinski definition) is 0. The van der Waals surface area contributed by atoms with Crippen molar-refractivity contribution in [2.75, 3.05) is 0 Å². The van der Waals surface area contributed by atoms with Crippen molar-refractivity contribution in [3.63, 3.8) is 0 Å². The lowest BCUT2D eigenvalue weighted by Gasteiger charge is -2.45. The van der Waals surface area contributed by atoms with Crippen molar-refractivity contribution in [1.29, 1.82) is 0 Å². The van der Waals surface area contributed by atoms with Gasteiger partial charge in [-0.3, -0.25) is 0 Å². The molecule has 0 aliphatic heterocycles. The van der Waals surface area contributed by atoms with Crippen LogP contribution in [0.25, 0.3) is 0 Å². The summed E-state index contributed by atoms with van der Waals surface area (Å²) in [5.74, 6) is -1.60. The minimum absolute atomic E-state index is 0.152. The van der Waals surface area contributed by atoms with Crippen LogP contribution < -0.4 is 0 Å². The van der Waals surface area contributed by atoms with Crippen LogP contribution in [0, 0.1) is 0 Å². The molecule has 5 heteroatoms. The van der Waals surface area contributed by atoms with Gasteiger partial charge >= 0.3 is 0 Å². The highest BCUT2D eigenvalue weighted by molar-refractivity contribution is 5.29. The van der Waals surface area contributed by atoms with Gasteiger partial charge in [-0.05, 0) is 26.8 Å². The van der Waals surface area contributed by atoms with E-state index in [0.717, 1.165) is 0 Å². The molecule has 0 aromatic rings. The second-order valence-corrected chi connectivity index (χ2v) is 4.05. The normalized spacial score (nSPS) is 54.3. The van der Waals surface area contributed by atoms with Crippen LogP contribution >= 0.6 is 0 Å². The van der Waals surface area contributed by atoms with Crippen LogP contribution in [-0.4, -0.2) is 23.2 Å². The molecule has 0 spiro atoms. The molecule has 4 unspecified atom stereocenters. The zero-order valence-electron chi connectivity index (χ0n) is 8.04. The number of alkyl halides is 4. The molecule has 0 aromatic heterocycles. The topological polar surface area (TPSA) is 0 Å². The van der Waals surface area contributed by atoms with Crippen LogP contribution in [0.4, 0.5) is 22.0 Å². The third-order valence-corrected chi connectivity index (χ3v) is 2.96. The monoisotopic (exact) mass is 214 g/mol. The van der Waals surface area contributed by atoms with Crippen LogP contribution in [0.15, 0.2) is 11.9 Å². The molecule has 0 aromatic carbocycles. The highest BCUT2D eigenvalue weighted by Crippen LogP contribution is 2.50. The molecular weight excluding hydrogens is 203 g/mol. The van der Waals surface area contributed by atoms with Crippen LogP contribution in [0.2, 0.25) is 0 Å². The summed E-state index contributed by atoms with van der Waals surface area (Å²) < 4.78 is 66.4. The Morgan fingerprint density at radius 3 is 2.00 bits per heavy atom. The Balaban J connectivity index is 3.34.